The molecule has 0 aliphatic heterocycles. The van der Waals surface area contributed by atoms with Crippen molar-refractivity contribution in [2.45, 2.75) is 30.8 Å². The number of amides is 1. The standard InChI is InChI=1S/C17H16F2N4O3S2/c1-2-26-14(25)7-10-9-27-16(20-10)22-13(24)8-23-12-6-4-3-5-11(12)21-17(23)28-15(18)19/h3-6,9,15H,2,7-8H2,1H3,(H,20,22,24). The number of carbonyl (C=O) groups excluding carboxylic acids is 2. The monoisotopic (exact) mass is 426 g/mol. The zero-order chi connectivity index (χ0) is 20.1. The zero-order valence-corrected chi connectivity index (χ0v) is 16.4. The number of carbonyl (C=O) groups is 2. The smallest absolute Gasteiger partial charge is 0.311 e. The number of para-hydroxylation sites is 2. The average Bonchev–Trinajstić information content (AvgIpc) is 3.19. The maximum atomic E-state index is 12.8. The molecule has 1 amide bonds. The van der Waals surface area contributed by atoms with E-state index in [-0.39, 0.29) is 36.5 Å². The van der Waals surface area contributed by atoms with Gasteiger partial charge in [0.2, 0.25) is 5.91 Å². The van der Waals surface area contributed by atoms with Gasteiger partial charge in [-0.25, -0.2) is 9.97 Å². The second-order valence-electron chi connectivity index (χ2n) is 5.52. The van der Waals surface area contributed by atoms with Crippen molar-refractivity contribution in [3.05, 3.63) is 35.3 Å². The molecule has 0 unspecified atom stereocenters. The van der Waals surface area contributed by atoms with Gasteiger partial charge in [0.1, 0.15) is 6.54 Å². The molecule has 3 rings (SSSR count). The van der Waals surface area contributed by atoms with Crippen LogP contribution in [0.3, 0.4) is 0 Å². The van der Waals surface area contributed by atoms with Gasteiger partial charge in [-0.3, -0.25) is 9.59 Å². The molecule has 2 aromatic heterocycles. The number of anilines is 1. The van der Waals surface area contributed by atoms with Gasteiger partial charge < -0.3 is 14.6 Å². The van der Waals surface area contributed by atoms with Crippen LogP contribution in [0.15, 0.2) is 34.8 Å². The summed E-state index contributed by atoms with van der Waals surface area (Å²) in [6, 6.07) is 6.91. The summed E-state index contributed by atoms with van der Waals surface area (Å²) in [4.78, 5) is 32.2. The van der Waals surface area contributed by atoms with Crippen molar-refractivity contribution in [2.24, 2.45) is 0 Å². The van der Waals surface area contributed by atoms with Crippen molar-refractivity contribution in [1.82, 2.24) is 14.5 Å². The van der Waals surface area contributed by atoms with E-state index in [9.17, 15) is 18.4 Å². The first kappa shape index (κ1) is 20.2. The molecule has 3 aromatic rings. The summed E-state index contributed by atoms with van der Waals surface area (Å²) in [6.07, 6.45) is 0.0154. The summed E-state index contributed by atoms with van der Waals surface area (Å²) < 4.78 is 32.0. The minimum Gasteiger partial charge on any atom is -0.466 e. The van der Waals surface area contributed by atoms with Crippen LogP contribution in [-0.2, 0) is 27.3 Å². The number of hydrogen-bond donors (Lipinski definition) is 1. The maximum absolute atomic E-state index is 12.8. The molecule has 1 N–H and O–H groups in total. The minimum atomic E-state index is -2.65. The van der Waals surface area contributed by atoms with E-state index in [1.54, 1.807) is 36.6 Å². The zero-order valence-electron chi connectivity index (χ0n) is 14.7. The number of hydrogen-bond acceptors (Lipinski definition) is 7. The van der Waals surface area contributed by atoms with Crippen molar-refractivity contribution in [2.75, 3.05) is 11.9 Å². The van der Waals surface area contributed by atoms with E-state index >= 15 is 0 Å². The van der Waals surface area contributed by atoms with Crippen LogP contribution in [0.4, 0.5) is 13.9 Å². The Balaban J connectivity index is 1.71. The van der Waals surface area contributed by atoms with Crippen LogP contribution >= 0.6 is 23.1 Å². The molecule has 0 fully saturated rings. The van der Waals surface area contributed by atoms with E-state index < -0.39 is 17.6 Å². The lowest BCUT2D eigenvalue weighted by Gasteiger charge is -2.08. The normalized spacial score (nSPS) is 11.1. The number of nitrogens with one attached hydrogen (secondary N) is 1. The van der Waals surface area contributed by atoms with Crippen LogP contribution in [-0.4, -0.2) is 38.8 Å². The number of ether oxygens (including phenoxy) is 1. The van der Waals surface area contributed by atoms with Crippen LogP contribution < -0.4 is 5.32 Å². The molecule has 0 spiro atoms. The molecule has 0 saturated heterocycles. The Bertz CT molecular complexity index is 990. The Hall–Kier alpha value is -2.53. The van der Waals surface area contributed by atoms with Crippen molar-refractivity contribution in [3.63, 3.8) is 0 Å². The highest BCUT2D eigenvalue weighted by molar-refractivity contribution is 7.99. The first-order valence-corrected chi connectivity index (χ1v) is 10.0. The Morgan fingerprint density at radius 3 is 2.86 bits per heavy atom. The molecule has 148 valence electrons. The average molecular weight is 426 g/mol. The fourth-order valence-electron chi connectivity index (χ4n) is 2.48. The lowest BCUT2D eigenvalue weighted by molar-refractivity contribution is -0.142. The van der Waals surface area contributed by atoms with Crippen molar-refractivity contribution < 1.29 is 23.1 Å². The topological polar surface area (TPSA) is 86.1 Å². The molecule has 0 aliphatic carbocycles. The van der Waals surface area contributed by atoms with Gasteiger partial charge >= 0.3 is 5.97 Å². The first-order chi connectivity index (χ1) is 13.5. The highest BCUT2D eigenvalue weighted by atomic mass is 32.2. The van der Waals surface area contributed by atoms with Gasteiger partial charge in [0.25, 0.3) is 5.76 Å². The Morgan fingerprint density at radius 2 is 2.11 bits per heavy atom. The van der Waals surface area contributed by atoms with Gasteiger partial charge in [-0.2, -0.15) is 8.78 Å². The van der Waals surface area contributed by atoms with E-state index in [1.807, 2.05) is 0 Å². The Kier molecular flexibility index (Phi) is 6.57. The molecule has 0 aliphatic rings. The fraction of sp³-hybridized carbons (Fsp3) is 0.294. The van der Waals surface area contributed by atoms with Gasteiger partial charge in [-0.15, -0.1) is 11.3 Å². The lowest BCUT2D eigenvalue weighted by atomic mass is 10.3. The van der Waals surface area contributed by atoms with Crippen LogP contribution in [0.1, 0.15) is 12.6 Å². The number of benzene rings is 1. The van der Waals surface area contributed by atoms with Crippen molar-refractivity contribution >= 4 is 51.1 Å². The molecular weight excluding hydrogens is 410 g/mol. The third-order valence-electron chi connectivity index (χ3n) is 3.54. The predicted octanol–water partition coefficient (Wildman–Crippen LogP) is 3.55. The fourth-order valence-corrected chi connectivity index (χ4v) is 3.81. The van der Waals surface area contributed by atoms with Gasteiger partial charge in [-0.05, 0) is 30.8 Å². The molecular formula is C17H16F2N4O3S2. The van der Waals surface area contributed by atoms with E-state index in [0.29, 0.717) is 21.9 Å². The van der Waals surface area contributed by atoms with E-state index in [4.69, 9.17) is 4.74 Å². The summed E-state index contributed by atoms with van der Waals surface area (Å²) in [5, 5.41) is 4.65. The number of halogens is 2. The Morgan fingerprint density at radius 1 is 1.32 bits per heavy atom. The van der Waals surface area contributed by atoms with Crippen molar-refractivity contribution in [1.29, 1.82) is 0 Å². The molecule has 1 aromatic carbocycles. The number of thiazole rings is 1. The second kappa shape index (κ2) is 9.11. The molecule has 2 heterocycles. The number of aromatic nitrogens is 3. The SMILES string of the molecule is CCOC(=O)Cc1csc(NC(=O)Cn2c(SC(F)F)nc3ccccc32)n1. The third-order valence-corrected chi connectivity index (χ3v) is 5.05. The quantitative estimate of drug-likeness (QED) is 0.438. The lowest BCUT2D eigenvalue weighted by Crippen LogP contribution is -2.19. The molecule has 0 radical (unpaired) electrons. The highest BCUT2D eigenvalue weighted by Crippen LogP contribution is 2.28. The molecule has 0 saturated carbocycles. The van der Waals surface area contributed by atoms with Gasteiger partial charge in [0, 0.05) is 5.38 Å². The second-order valence-corrected chi connectivity index (χ2v) is 7.34. The summed E-state index contributed by atoms with van der Waals surface area (Å²) in [5.41, 5.74) is 1.60. The molecule has 0 bridgehead atoms. The molecule has 0 atom stereocenters. The third kappa shape index (κ3) is 5.04. The number of imidazole rings is 1. The van der Waals surface area contributed by atoms with E-state index in [2.05, 4.69) is 15.3 Å². The molecule has 7 nitrogen and oxygen atoms in total. The molecule has 11 heteroatoms. The number of thioether (sulfide) groups is 1. The van der Waals surface area contributed by atoms with E-state index in [0.717, 1.165) is 0 Å². The first-order valence-electron chi connectivity index (χ1n) is 8.26. The van der Waals surface area contributed by atoms with Crippen LogP contribution in [0.25, 0.3) is 11.0 Å². The Labute approximate surface area is 167 Å². The molecule has 28 heavy (non-hydrogen) atoms. The summed E-state index contributed by atoms with van der Waals surface area (Å²) in [7, 11) is 0. The summed E-state index contributed by atoms with van der Waals surface area (Å²) >= 11 is 1.46. The predicted molar refractivity (Wildman–Crippen MR) is 103 cm³/mol. The van der Waals surface area contributed by atoms with Gasteiger partial charge in [0.15, 0.2) is 10.3 Å². The highest BCUT2D eigenvalue weighted by Gasteiger charge is 2.18. The summed E-state index contributed by atoms with van der Waals surface area (Å²) in [6.45, 7) is 1.80. The van der Waals surface area contributed by atoms with Gasteiger partial charge in [0.05, 0.1) is 29.8 Å². The van der Waals surface area contributed by atoms with Crippen LogP contribution in [0, 0.1) is 0 Å². The number of rotatable bonds is 8. The van der Waals surface area contributed by atoms with E-state index in [1.165, 1.54) is 15.9 Å². The van der Waals surface area contributed by atoms with Gasteiger partial charge in [-0.1, -0.05) is 12.1 Å². The minimum absolute atomic E-state index is 0.0154. The largest absolute Gasteiger partial charge is 0.466 e. The summed E-state index contributed by atoms with van der Waals surface area (Å²) in [5.74, 6) is -3.48. The van der Waals surface area contributed by atoms with Crippen LogP contribution in [0.2, 0.25) is 0 Å². The van der Waals surface area contributed by atoms with Crippen molar-refractivity contribution in [3.8, 4) is 0 Å². The maximum Gasteiger partial charge on any atom is 0.311 e. The number of esters is 1. The number of fused-ring (bicyclic) bond motifs is 1. The van der Waals surface area contributed by atoms with Crippen LogP contribution in [0.5, 0.6) is 0 Å². The number of alkyl halides is 2. The number of nitrogens with zero attached hydrogens (tertiary/aromatic N) is 3.